The maximum absolute atomic E-state index is 7.17. The van der Waals surface area contributed by atoms with Gasteiger partial charge in [0.1, 0.15) is 0 Å². The van der Waals surface area contributed by atoms with Crippen molar-refractivity contribution in [1.29, 1.82) is 0 Å². The van der Waals surface area contributed by atoms with Gasteiger partial charge in [0.2, 0.25) is 0 Å². The first-order chi connectivity index (χ1) is 5.15. The Morgan fingerprint density at radius 2 is 1.73 bits per heavy atom. The highest BCUT2D eigenvalue weighted by atomic mass is 35.5. The fourth-order valence-corrected chi connectivity index (χ4v) is 0.572. The molecule has 3 nitrogen and oxygen atoms in total. The summed E-state index contributed by atoms with van der Waals surface area (Å²) in [7, 11) is -2.17. The predicted octanol–water partition coefficient (Wildman–Crippen LogP) is 0.530. The number of allylic oxidation sites excluding steroid dienone is 1. The van der Waals surface area contributed by atoms with E-state index in [1.807, 2.05) is 6.08 Å². The van der Waals surface area contributed by atoms with Crippen LogP contribution in [0.3, 0.4) is 0 Å². The minimum absolute atomic E-state index is 0.786. The third-order valence-electron chi connectivity index (χ3n) is 0.792. The second kappa shape index (κ2) is 12.6. The van der Waals surface area contributed by atoms with Crippen LogP contribution in [-0.2, 0) is 0 Å². The van der Waals surface area contributed by atoms with Gasteiger partial charge in [-0.25, -0.2) is 0 Å². The number of hydrogen-bond donors (Lipinski definition) is 3. The van der Waals surface area contributed by atoms with E-state index in [-0.39, 0.29) is 0 Å². The van der Waals surface area contributed by atoms with Crippen molar-refractivity contribution in [3.8, 4) is 0 Å². The number of rotatable bonds is 4. The second-order valence-corrected chi connectivity index (χ2v) is 2.20. The first kappa shape index (κ1) is 13.6. The summed E-state index contributed by atoms with van der Waals surface area (Å²) in [4.78, 5) is 0. The molecule has 0 aliphatic rings. The topological polar surface area (TPSA) is 60.7 Å². The molecule has 5 heteroatoms. The van der Waals surface area contributed by atoms with E-state index in [0.29, 0.717) is 0 Å². The Kier molecular flexibility index (Phi) is 15.6. The number of halogens is 1. The first-order valence-electron chi connectivity index (χ1n) is 3.36. The summed E-state index contributed by atoms with van der Waals surface area (Å²) in [5.41, 5.74) is 0. The summed E-state index contributed by atoms with van der Waals surface area (Å²) in [6.07, 6.45) is 5.33. The largest absolute Gasteiger partial charge is 0.631 e. The molecule has 0 aromatic carbocycles. The van der Waals surface area contributed by atoms with Gasteiger partial charge in [-0.1, -0.05) is 6.08 Å². The Morgan fingerprint density at radius 1 is 1.27 bits per heavy atom. The number of hydrogen-bond acceptors (Lipinski definition) is 3. The summed E-state index contributed by atoms with van der Waals surface area (Å²) >= 11 is 5.40. The zero-order valence-electron chi connectivity index (χ0n) is 6.41. The molecule has 0 saturated heterocycles. The fraction of sp³-hybridized carbons (Fsp3) is 0.667. The van der Waals surface area contributed by atoms with Gasteiger partial charge in [0.25, 0.3) is 0 Å². The first-order valence-corrected chi connectivity index (χ1v) is 3.89. The van der Waals surface area contributed by atoms with E-state index in [9.17, 15) is 0 Å². The smallest absolute Gasteiger partial charge is 0.402 e. The molecule has 0 radical (unpaired) electrons. The molecule has 0 fully saturated rings. The summed E-state index contributed by atoms with van der Waals surface area (Å²) in [5, 5.41) is 21.5. The highest BCUT2D eigenvalue weighted by Gasteiger charge is 1.92. The molecule has 66 valence electrons. The average molecular weight is 180 g/mol. The van der Waals surface area contributed by atoms with Gasteiger partial charge in [0.15, 0.2) is 0 Å². The SMILES string of the molecule is C=CCCCCCl.OB(O)O. The minimum Gasteiger partial charge on any atom is -0.402 e. The quantitative estimate of drug-likeness (QED) is 0.256. The van der Waals surface area contributed by atoms with Gasteiger partial charge in [-0.2, -0.15) is 0 Å². The zero-order valence-corrected chi connectivity index (χ0v) is 7.17. The van der Waals surface area contributed by atoms with E-state index in [2.05, 4.69) is 6.58 Å². The van der Waals surface area contributed by atoms with E-state index in [4.69, 9.17) is 26.7 Å². The molecule has 0 aromatic rings. The van der Waals surface area contributed by atoms with Crippen LogP contribution in [0.1, 0.15) is 19.3 Å². The Balaban J connectivity index is 0. The van der Waals surface area contributed by atoms with E-state index in [1.165, 1.54) is 6.42 Å². The maximum atomic E-state index is 7.17. The molecule has 0 saturated carbocycles. The molecule has 0 aromatic heterocycles. The molecule has 0 unspecified atom stereocenters. The van der Waals surface area contributed by atoms with Crippen LogP contribution in [-0.4, -0.2) is 28.3 Å². The van der Waals surface area contributed by atoms with Crippen LogP contribution in [0.2, 0.25) is 0 Å². The second-order valence-electron chi connectivity index (χ2n) is 1.82. The van der Waals surface area contributed by atoms with Gasteiger partial charge >= 0.3 is 7.32 Å². The minimum atomic E-state index is -2.17. The van der Waals surface area contributed by atoms with Crippen molar-refractivity contribution in [3.05, 3.63) is 12.7 Å². The molecule has 11 heavy (non-hydrogen) atoms. The zero-order chi connectivity index (χ0) is 9.11. The van der Waals surface area contributed by atoms with E-state index in [1.54, 1.807) is 0 Å². The van der Waals surface area contributed by atoms with Gasteiger partial charge in [-0.3, -0.25) is 0 Å². The van der Waals surface area contributed by atoms with Crippen molar-refractivity contribution < 1.29 is 15.1 Å². The third kappa shape index (κ3) is 40.2. The molecule has 3 N–H and O–H groups in total. The van der Waals surface area contributed by atoms with Crippen molar-refractivity contribution in [2.75, 3.05) is 5.88 Å². The summed E-state index contributed by atoms with van der Waals surface area (Å²) in [6, 6.07) is 0. The van der Waals surface area contributed by atoms with E-state index >= 15 is 0 Å². The average Bonchev–Trinajstić information content (AvgIpc) is 1.88. The van der Waals surface area contributed by atoms with Gasteiger partial charge < -0.3 is 15.1 Å². The van der Waals surface area contributed by atoms with Crippen molar-refractivity contribution in [2.24, 2.45) is 0 Å². The lowest BCUT2D eigenvalue weighted by Crippen LogP contribution is -2.07. The van der Waals surface area contributed by atoms with Crippen LogP contribution in [0.4, 0.5) is 0 Å². The predicted molar refractivity (Wildman–Crippen MR) is 47.2 cm³/mol. The van der Waals surface area contributed by atoms with Gasteiger partial charge in [-0.15, -0.1) is 18.2 Å². The van der Waals surface area contributed by atoms with Crippen LogP contribution in [0, 0.1) is 0 Å². The van der Waals surface area contributed by atoms with Gasteiger partial charge in [0, 0.05) is 5.88 Å². The van der Waals surface area contributed by atoms with Crippen LogP contribution < -0.4 is 0 Å². The molecular formula is C6H14BClO3. The highest BCUT2D eigenvalue weighted by molar-refractivity contribution is 6.30. The highest BCUT2D eigenvalue weighted by Crippen LogP contribution is 1.95. The Bertz CT molecular complexity index is 77.5. The lowest BCUT2D eigenvalue weighted by atomic mass is 10.2. The molecule has 0 heterocycles. The van der Waals surface area contributed by atoms with Crippen LogP contribution in [0.5, 0.6) is 0 Å². The molecule has 0 aliphatic heterocycles. The van der Waals surface area contributed by atoms with Crippen molar-refractivity contribution in [1.82, 2.24) is 0 Å². The summed E-state index contributed by atoms with van der Waals surface area (Å²) in [6.45, 7) is 3.59. The van der Waals surface area contributed by atoms with Crippen LogP contribution in [0.15, 0.2) is 12.7 Å². The molecule has 0 amide bonds. The number of unbranched alkanes of at least 4 members (excludes halogenated alkanes) is 2. The normalized spacial score (nSPS) is 8.00. The molecule has 0 bridgehead atoms. The molecule has 0 aliphatic carbocycles. The lowest BCUT2D eigenvalue weighted by molar-refractivity contribution is 0.278. The van der Waals surface area contributed by atoms with Crippen molar-refractivity contribution in [3.63, 3.8) is 0 Å². The third-order valence-corrected chi connectivity index (χ3v) is 1.06. The van der Waals surface area contributed by atoms with E-state index < -0.39 is 7.32 Å². The Labute approximate surface area is 72.5 Å². The Hall–Kier alpha value is -0.0251. The monoisotopic (exact) mass is 180 g/mol. The summed E-state index contributed by atoms with van der Waals surface area (Å²) < 4.78 is 0. The van der Waals surface area contributed by atoms with Crippen molar-refractivity contribution in [2.45, 2.75) is 19.3 Å². The van der Waals surface area contributed by atoms with Crippen LogP contribution in [0.25, 0.3) is 0 Å². The maximum Gasteiger partial charge on any atom is 0.631 e. The van der Waals surface area contributed by atoms with Gasteiger partial charge in [0.05, 0.1) is 0 Å². The van der Waals surface area contributed by atoms with E-state index in [0.717, 1.165) is 18.7 Å². The molecule has 0 rings (SSSR count). The Morgan fingerprint density at radius 3 is 2.00 bits per heavy atom. The molecule has 0 spiro atoms. The van der Waals surface area contributed by atoms with Gasteiger partial charge in [-0.05, 0) is 19.3 Å². The summed E-state index contributed by atoms with van der Waals surface area (Å²) in [5.74, 6) is 0.786. The van der Waals surface area contributed by atoms with Crippen LogP contribution >= 0.6 is 11.6 Å². The molecule has 0 atom stereocenters. The fourth-order valence-electron chi connectivity index (χ4n) is 0.383. The standard InChI is InChI=1S/C6H11Cl.BH3O3/c1-2-3-4-5-6-7;2-1(3)4/h2H,1,3-6H2;2-4H. The van der Waals surface area contributed by atoms with Crippen molar-refractivity contribution >= 4 is 18.9 Å². The molecular weight excluding hydrogens is 166 g/mol. The number of alkyl halides is 1. The lowest BCUT2D eigenvalue weighted by Gasteiger charge is -1.86.